The summed E-state index contributed by atoms with van der Waals surface area (Å²) in [5.41, 5.74) is 2.72. The van der Waals surface area contributed by atoms with Crippen molar-refractivity contribution in [1.82, 2.24) is 9.78 Å². The largest absolute Gasteiger partial charge is 0.454 e. The molecule has 0 N–H and O–H groups in total. The first-order valence-corrected chi connectivity index (χ1v) is 7.19. The van der Waals surface area contributed by atoms with Crippen LogP contribution in [0.4, 0.5) is 0 Å². The van der Waals surface area contributed by atoms with Gasteiger partial charge in [0.15, 0.2) is 17.3 Å². The summed E-state index contributed by atoms with van der Waals surface area (Å²) < 4.78 is 12.4. The number of ether oxygens (including phenoxy) is 2. The quantitative estimate of drug-likeness (QED) is 0.793. The summed E-state index contributed by atoms with van der Waals surface area (Å²) in [6.07, 6.45) is 1.74. The number of fused-ring (bicyclic) bond motifs is 1. The van der Waals surface area contributed by atoms with Gasteiger partial charge in [-0.1, -0.05) is 13.8 Å². The fourth-order valence-corrected chi connectivity index (χ4v) is 2.41. The Morgan fingerprint density at radius 1 is 1.19 bits per heavy atom. The molecule has 0 spiro atoms. The predicted molar refractivity (Wildman–Crippen MR) is 77.9 cm³/mol. The van der Waals surface area contributed by atoms with Gasteiger partial charge in [0, 0.05) is 11.3 Å². The van der Waals surface area contributed by atoms with Gasteiger partial charge in [-0.25, -0.2) is 0 Å². The normalized spacial score (nSPS) is 12.7. The van der Waals surface area contributed by atoms with E-state index < -0.39 is 0 Å². The molecular formula is C16H18N2O3. The zero-order chi connectivity index (χ0) is 14.8. The zero-order valence-electron chi connectivity index (χ0n) is 12.3. The first-order valence-electron chi connectivity index (χ1n) is 7.19. The first-order chi connectivity index (χ1) is 10.2. The van der Waals surface area contributed by atoms with E-state index in [-0.39, 0.29) is 19.1 Å². The Hall–Kier alpha value is -2.30. The van der Waals surface area contributed by atoms with E-state index in [9.17, 15) is 4.79 Å². The molecule has 2 heterocycles. The Bertz CT molecular complexity index is 676. The van der Waals surface area contributed by atoms with Gasteiger partial charge in [-0.15, -0.1) is 0 Å². The van der Waals surface area contributed by atoms with Crippen LogP contribution in [-0.2, 0) is 19.4 Å². The van der Waals surface area contributed by atoms with Crippen molar-refractivity contribution in [2.45, 2.75) is 33.2 Å². The molecule has 0 amide bonds. The van der Waals surface area contributed by atoms with Gasteiger partial charge < -0.3 is 9.47 Å². The van der Waals surface area contributed by atoms with E-state index in [0.717, 1.165) is 24.2 Å². The van der Waals surface area contributed by atoms with Crippen molar-refractivity contribution >= 4 is 5.78 Å². The van der Waals surface area contributed by atoms with Gasteiger partial charge in [0.2, 0.25) is 6.79 Å². The molecule has 0 radical (unpaired) electrons. The molecule has 1 aromatic heterocycles. The van der Waals surface area contributed by atoms with Gasteiger partial charge in [0.05, 0.1) is 5.69 Å². The van der Waals surface area contributed by atoms with E-state index >= 15 is 0 Å². The molecule has 5 heteroatoms. The molecular weight excluding hydrogens is 268 g/mol. The van der Waals surface area contributed by atoms with Crippen molar-refractivity contribution in [3.63, 3.8) is 0 Å². The van der Waals surface area contributed by atoms with Gasteiger partial charge in [-0.2, -0.15) is 5.10 Å². The summed E-state index contributed by atoms with van der Waals surface area (Å²) in [5.74, 6) is 1.34. The molecule has 21 heavy (non-hydrogen) atoms. The van der Waals surface area contributed by atoms with Crippen LogP contribution in [0, 0.1) is 0 Å². The Balaban J connectivity index is 1.81. The van der Waals surface area contributed by atoms with Crippen molar-refractivity contribution in [3.8, 4) is 11.5 Å². The second kappa shape index (κ2) is 5.60. The van der Waals surface area contributed by atoms with E-state index in [2.05, 4.69) is 25.0 Å². The van der Waals surface area contributed by atoms with Crippen molar-refractivity contribution < 1.29 is 14.3 Å². The number of nitrogens with zero attached hydrogens (tertiary/aromatic N) is 2. The number of aromatic nitrogens is 2. The summed E-state index contributed by atoms with van der Waals surface area (Å²) in [4.78, 5) is 12.4. The molecule has 2 aromatic rings. The minimum atomic E-state index is 0.0220. The maximum absolute atomic E-state index is 12.4. The lowest BCUT2D eigenvalue weighted by atomic mass is 10.1. The summed E-state index contributed by atoms with van der Waals surface area (Å²) in [6, 6.07) is 7.34. The fraction of sp³-hybridized carbons (Fsp3) is 0.375. The number of benzene rings is 1. The van der Waals surface area contributed by atoms with Crippen molar-refractivity contribution in [2.75, 3.05) is 6.79 Å². The molecule has 5 nitrogen and oxygen atoms in total. The summed E-state index contributed by atoms with van der Waals surface area (Å²) in [5, 5.41) is 4.48. The van der Waals surface area contributed by atoms with E-state index in [1.807, 2.05) is 0 Å². The van der Waals surface area contributed by atoms with Crippen LogP contribution >= 0.6 is 0 Å². The summed E-state index contributed by atoms with van der Waals surface area (Å²) >= 11 is 0. The Morgan fingerprint density at radius 3 is 2.76 bits per heavy atom. The van der Waals surface area contributed by atoms with Crippen LogP contribution in [0.25, 0.3) is 0 Å². The molecule has 3 rings (SSSR count). The van der Waals surface area contributed by atoms with Crippen LogP contribution < -0.4 is 9.47 Å². The second-order valence-electron chi connectivity index (χ2n) is 4.98. The number of Topliss-reactive ketones (excluding diaryl/α,β-unsaturated/α-hetero) is 1. The molecule has 0 saturated carbocycles. The summed E-state index contributed by atoms with van der Waals surface area (Å²) in [6.45, 7) is 4.60. The van der Waals surface area contributed by atoms with Crippen molar-refractivity contribution in [1.29, 1.82) is 0 Å². The van der Waals surface area contributed by atoms with Crippen LogP contribution in [0.2, 0.25) is 0 Å². The average molecular weight is 286 g/mol. The lowest BCUT2D eigenvalue weighted by Crippen LogP contribution is -2.14. The predicted octanol–water partition coefficient (Wildman–Crippen LogP) is 2.62. The first kappa shape index (κ1) is 13.7. The molecule has 1 aliphatic rings. The van der Waals surface area contributed by atoms with Gasteiger partial charge in [-0.05, 0) is 37.1 Å². The van der Waals surface area contributed by atoms with Crippen molar-refractivity contribution in [3.05, 3.63) is 41.2 Å². The van der Waals surface area contributed by atoms with E-state index in [4.69, 9.17) is 9.47 Å². The number of rotatable bonds is 5. The summed E-state index contributed by atoms with van der Waals surface area (Å²) in [7, 11) is 0. The fourth-order valence-electron chi connectivity index (χ4n) is 2.41. The lowest BCUT2D eigenvalue weighted by Gasteiger charge is -2.06. The molecule has 1 aliphatic heterocycles. The third-order valence-electron chi connectivity index (χ3n) is 3.63. The molecule has 0 fully saturated rings. The SMILES string of the molecule is CCc1cc(CC)n(CC(=O)c2ccc3c(c2)OCO3)n1. The van der Waals surface area contributed by atoms with Crippen LogP contribution in [0.1, 0.15) is 35.6 Å². The molecule has 0 saturated heterocycles. The highest BCUT2D eigenvalue weighted by Gasteiger charge is 2.17. The third kappa shape index (κ3) is 2.63. The van der Waals surface area contributed by atoms with Crippen LogP contribution in [0.3, 0.4) is 0 Å². The van der Waals surface area contributed by atoms with E-state index in [1.165, 1.54) is 0 Å². The minimum absolute atomic E-state index is 0.0220. The highest BCUT2D eigenvalue weighted by atomic mass is 16.7. The third-order valence-corrected chi connectivity index (χ3v) is 3.63. The van der Waals surface area contributed by atoms with Crippen LogP contribution in [-0.4, -0.2) is 22.4 Å². The molecule has 1 aromatic carbocycles. The van der Waals surface area contributed by atoms with Crippen molar-refractivity contribution in [2.24, 2.45) is 0 Å². The van der Waals surface area contributed by atoms with Gasteiger partial charge >= 0.3 is 0 Å². The minimum Gasteiger partial charge on any atom is -0.454 e. The number of carbonyl (C=O) groups is 1. The number of hydrogen-bond donors (Lipinski definition) is 0. The zero-order valence-corrected chi connectivity index (χ0v) is 12.3. The number of aryl methyl sites for hydroxylation is 2. The van der Waals surface area contributed by atoms with Crippen LogP contribution in [0.15, 0.2) is 24.3 Å². The molecule has 0 atom stereocenters. The average Bonchev–Trinajstić information content (AvgIpc) is 3.12. The standard InChI is InChI=1S/C16H18N2O3/c1-3-12-8-13(4-2)18(17-12)9-14(19)11-5-6-15-16(7-11)21-10-20-15/h5-8H,3-4,9-10H2,1-2H3. The highest BCUT2D eigenvalue weighted by Crippen LogP contribution is 2.32. The maximum atomic E-state index is 12.4. The Morgan fingerprint density at radius 2 is 2.00 bits per heavy atom. The lowest BCUT2D eigenvalue weighted by molar-refractivity contribution is 0.0966. The topological polar surface area (TPSA) is 53.4 Å². The highest BCUT2D eigenvalue weighted by molar-refractivity contribution is 5.96. The molecule has 0 aliphatic carbocycles. The molecule has 110 valence electrons. The van der Waals surface area contributed by atoms with Gasteiger partial charge in [0.1, 0.15) is 6.54 Å². The molecule has 0 bridgehead atoms. The smallest absolute Gasteiger partial charge is 0.231 e. The number of ketones is 1. The second-order valence-corrected chi connectivity index (χ2v) is 4.98. The Labute approximate surface area is 123 Å². The number of hydrogen-bond acceptors (Lipinski definition) is 4. The van der Waals surface area contributed by atoms with Crippen LogP contribution in [0.5, 0.6) is 11.5 Å². The number of carbonyl (C=O) groups excluding carboxylic acids is 1. The van der Waals surface area contributed by atoms with Gasteiger partial charge in [-0.3, -0.25) is 9.48 Å². The van der Waals surface area contributed by atoms with E-state index in [1.54, 1.807) is 22.9 Å². The Kier molecular flexibility index (Phi) is 3.64. The maximum Gasteiger partial charge on any atom is 0.231 e. The monoisotopic (exact) mass is 286 g/mol. The van der Waals surface area contributed by atoms with Gasteiger partial charge in [0.25, 0.3) is 0 Å². The van der Waals surface area contributed by atoms with E-state index in [0.29, 0.717) is 17.1 Å². The molecule has 0 unspecified atom stereocenters.